The lowest BCUT2D eigenvalue weighted by Crippen LogP contribution is -2.34. The van der Waals surface area contributed by atoms with Crippen LogP contribution in [0.2, 0.25) is 0 Å². The molecule has 2 aliphatic rings. The average Bonchev–Trinajstić information content (AvgIpc) is 2.81. The first-order valence-corrected chi connectivity index (χ1v) is 8.40. The van der Waals surface area contributed by atoms with Crippen LogP contribution in [0.1, 0.15) is 25.8 Å². The number of carbonyl (C=O) groups excluding carboxylic acids is 1. The number of hydrogen-bond acceptors (Lipinski definition) is 3. The number of cyclic esters (lactones) is 1. The molecule has 3 nitrogen and oxygen atoms in total. The zero-order valence-electron chi connectivity index (χ0n) is 12.6. The fraction of sp³-hybridized carbons (Fsp3) is 0.471. The Morgan fingerprint density at radius 1 is 1.24 bits per heavy atom. The molecule has 3 rings (SSSR count). The first-order chi connectivity index (χ1) is 9.88. The van der Waals surface area contributed by atoms with Crippen molar-refractivity contribution in [3.63, 3.8) is 0 Å². The van der Waals surface area contributed by atoms with Gasteiger partial charge in [0.2, 0.25) is 0 Å². The maximum atomic E-state index is 12.8. The molecule has 1 aromatic carbocycles. The Hall–Kier alpha value is -1.42. The summed E-state index contributed by atoms with van der Waals surface area (Å²) in [4.78, 5) is 13.5. The molecule has 0 N–H and O–H groups in total. The van der Waals surface area contributed by atoms with Crippen LogP contribution in [-0.2, 0) is 20.3 Å². The highest BCUT2D eigenvalue weighted by atomic mass is 32.2. The van der Waals surface area contributed by atoms with Crippen molar-refractivity contribution in [2.24, 2.45) is 17.3 Å². The molecule has 1 aromatic rings. The largest absolute Gasteiger partial charge is 0.465 e. The van der Waals surface area contributed by atoms with E-state index in [4.69, 9.17) is 4.74 Å². The van der Waals surface area contributed by atoms with Crippen LogP contribution in [0.25, 0.3) is 0 Å². The van der Waals surface area contributed by atoms with Crippen LogP contribution < -0.4 is 0 Å². The van der Waals surface area contributed by atoms with E-state index in [1.807, 2.05) is 31.2 Å². The molecule has 1 aliphatic carbocycles. The summed E-state index contributed by atoms with van der Waals surface area (Å²) in [6.07, 6.45) is 2.64. The molecular formula is C17H20O3S. The van der Waals surface area contributed by atoms with E-state index in [1.54, 1.807) is 0 Å². The average molecular weight is 304 g/mol. The normalized spacial score (nSPS) is 28.5. The van der Waals surface area contributed by atoms with Gasteiger partial charge in [0, 0.05) is 15.7 Å². The van der Waals surface area contributed by atoms with Crippen molar-refractivity contribution in [2.75, 3.05) is 6.61 Å². The lowest BCUT2D eigenvalue weighted by atomic mass is 9.69. The maximum absolute atomic E-state index is 12.8. The number of hydrogen-bond donors (Lipinski definition) is 0. The molecule has 21 heavy (non-hydrogen) atoms. The van der Waals surface area contributed by atoms with Gasteiger partial charge in [-0.2, -0.15) is 0 Å². The Kier molecular flexibility index (Phi) is 3.52. The van der Waals surface area contributed by atoms with E-state index in [1.165, 1.54) is 0 Å². The maximum Gasteiger partial charge on any atom is 0.309 e. The summed E-state index contributed by atoms with van der Waals surface area (Å²) in [5, 5.41) is 0. The number of esters is 1. The molecular weight excluding hydrogens is 284 g/mol. The second-order valence-electron chi connectivity index (χ2n) is 6.56. The standard InChI is InChI=1S/C17H20O3S/c1-11-4-6-12(7-5-11)21(19)13-8-14-15(10-20-16(14)18)17(2,3)9-13/h4-7,9,14-15H,8,10H2,1-3H3/t14-,15-,21-/m0/s1. The van der Waals surface area contributed by atoms with E-state index in [-0.39, 0.29) is 23.2 Å². The van der Waals surface area contributed by atoms with Crippen LogP contribution in [0.5, 0.6) is 0 Å². The van der Waals surface area contributed by atoms with Crippen LogP contribution in [-0.4, -0.2) is 16.8 Å². The van der Waals surface area contributed by atoms with Gasteiger partial charge in [0.15, 0.2) is 0 Å². The summed E-state index contributed by atoms with van der Waals surface area (Å²) < 4.78 is 18.0. The number of benzene rings is 1. The Morgan fingerprint density at radius 3 is 2.57 bits per heavy atom. The molecule has 1 heterocycles. The molecule has 0 bridgehead atoms. The molecule has 0 unspecified atom stereocenters. The fourth-order valence-electron chi connectivity index (χ4n) is 3.26. The lowest BCUT2D eigenvalue weighted by molar-refractivity contribution is -0.141. The van der Waals surface area contributed by atoms with Crippen molar-refractivity contribution in [2.45, 2.75) is 32.1 Å². The van der Waals surface area contributed by atoms with E-state index >= 15 is 0 Å². The van der Waals surface area contributed by atoms with E-state index in [0.29, 0.717) is 13.0 Å². The molecule has 0 radical (unpaired) electrons. The van der Waals surface area contributed by atoms with Crippen molar-refractivity contribution in [1.82, 2.24) is 0 Å². The highest BCUT2D eigenvalue weighted by Gasteiger charge is 2.48. The van der Waals surface area contributed by atoms with Gasteiger partial charge in [-0.3, -0.25) is 4.79 Å². The number of carbonyl (C=O) groups is 1. The molecule has 0 spiro atoms. The number of allylic oxidation sites excluding steroid dienone is 2. The minimum atomic E-state index is -1.20. The summed E-state index contributed by atoms with van der Waals surface area (Å²) in [5.74, 6) is -0.0854. The van der Waals surface area contributed by atoms with Gasteiger partial charge < -0.3 is 4.74 Å². The molecule has 1 aliphatic heterocycles. The van der Waals surface area contributed by atoms with Crippen molar-refractivity contribution >= 4 is 16.8 Å². The van der Waals surface area contributed by atoms with Crippen molar-refractivity contribution in [1.29, 1.82) is 0 Å². The summed E-state index contributed by atoms with van der Waals surface area (Å²) in [6, 6.07) is 7.74. The number of ether oxygens (including phenoxy) is 1. The van der Waals surface area contributed by atoms with Gasteiger partial charge in [0.25, 0.3) is 0 Å². The van der Waals surface area contributed by atoms with Crippen LogP contribution in [0.3, 0.4) is 0 Å². The Morgan fingerprint density at radius 2 is 1.90 bits per heavy atom. The lowest BCUT2D eigenvalue weighted by Gasteiger charge is -2.35. The monoisotopic (exact) mass is 304 g/mol. The van der Waals surface area contributed by atoms with E-state index in [9.17, 15) is 9.00 Å². The van der Waals surface area contributed by atoms with E-state index in [2.05, 4.69) is 19.9 Å². The quantitative estimate of drug-likeness (QED) is 0.788. The molecule has 4 heteroatoms. The first kappa shape index (κ1) is 14.5. The van der Waals surface area contributed by atoms with Crippen LogP contribution in [0, 0.1) is 24.2 Å². The Labute approximate surface area is 127 Å². The Bertz CT molecular complexity index is 628. The van der Waals surface area contributed by atoms with Gasteiger partial charge in [-0.05, 0) is 30.9 Å². The molecule has 112 valence electrons. The molecule has 1 fully saturated rings. The minimum absolute atomic E-state index is 0.139. The summed E-state index contributed by atoms with van der Waals surface area (Å²) in [7, 11) is -1.20. The zero-order valence-corrected chi connectivity index (χ0v) is 13.4. The molecule has 0 saturated carbocycles. The van der Waals surface area contributed by atoms with Gasteiger partial charge in [-0.25, -0.2) is 4.21 Å². The first-order valence-electron chi connectivity index (χ1n) is 7.25. The minimum Gasteiger partial charge on any atom is -0.465 e. The summed E-state index contributed by atoms with van der Waals surface area (Å²) in [5.41, 5.74) is 0.984. The molecule has 0 amide bonds. The summed E-state index contributed by atoms with van der Waals surface area (Å²) in [6.45, 7) is 6.68. The van der Waals surface area contributed by atoms with Gasteiger partial charge in [0.1, 0.15) is 0 Å². The molecule has 3 atom stereocenters. The third-order valence-electron chi connectivity index (χ3n) is 4.58. The summed E-state index contributed by atoms with van der Waals surface area (Å²) >= 11 is 0. The predicted octanol–water partition coefficient (Wildman–Crippen LogP) is 3.21. The third kappa shape index (κ3) is 2.57. The topological polar surface area (TPSA) is 43.4 Å². The van der Waals surface area contributed by atoms with Crippen molar-refractivity contribution < 1.29 is 13.7 Å². The van der Waals surface area contributed by atoms with E-state index in [0.717, 1.165) is 15.4 Å². The van der Waals surface area contributed by atoms with Crippen molar-refractivity contribution in [3.05, 3.63) is 40.8 Å². The van der Waals surface area contributed by atoms with Crippen LogP contribution >= 0.6 is 0 Å². The number of aryl methyl sites for hydroxylation is 1. The van der Waals surface area contributed by atoms with Gasteiger partial charge >= 0.3 is 5.97 Å². The van der Waals surface area contributed by atoms with Gasteiger partial charge in [-0.15, -0.1) is 0 Å². The SMILES string of the molecule is Cc1ccc([S@](=O)C2=CC(C)(C)[C@H]3COC(=O)[C@H]3C2)cc1. The predicted molar refractivity (Wildman–Crippen MR) is 82.0 cm³/mol. The van der Waals surface area contributed by atoms with Gasteiger partial charge in [-0.1, -0.05) is 37.6 Å². The Balaban J connectivity index is 1.93. The third-order valence-corrected chi connectivity index (χ3v) is 6.04. The second-order valence-corrected chi connectivity index (χ2v) is 8.09. The number of rotatable bonds is 2. The molecule has 0 aromatic heterocycles. The highest BCUT2D eigenvalue weighted by molar-refractivity contribution is 7.89. The van der Waals surface area contributed by atoms with Crippen LogP contribution in [0.4, 0.5) is 0 Å². The molecule has 1 saturated heterocycles. The zero-order chi connectivity index (χ0) is 15.2. The second kappa shape index (κ2) is 5.09. The highest BCUT2D eigenvalue weighted by Crippen LogP contribution is 2.47. The van der Waals surface area contributed by atoms with Crippen LogP contribution in [0.15, 0.2) is 40.1 Å². The van der Waals surface area contributed by atoms with Gasteiger partial charge in [0.05, 0.1) is 23.3 Å². The van der Waals surface area contributed by atoms with Crippen molar-refractivity contribution in [3.8, 4) is 0 Å². The van der Waals surface area contributed by atoms with E-state index < -0.39 is 10.8 Å². The number of fused-ring (bicyclic) bond motifs is 1. The fourth-order valence-corrected chi connectivity index (χ4v) is 4.69. The smallest absolute Gasteiger partial charge is 0.309 e.